The molecule has 0 aromatic heterocycles. The van der Waals surface area contributed by atoms with Crippen LogP contribution in [0, 0.1) is 0 Å². The van der Waals surface area contributed by atoms with Crippen molar-refractivity contribution in [3.63, 3.8) is 0 Å². The molecular formula is C14H28N2O. The molecule has 3 heteroatoms. The van der Waals surface area contributed by atoms with Crippen molar-refractivity contribution in [2.45, 2.75) is 57.6 Å². The van der Waals surface area contributed by atoms with Gasteiger partial charge in [0.25, 0.3) is 0 Å². The van der Waals surface area contributed by atoms with Crippen LogP contribution in [0.1, 0.15) is 46.0 Å². The number of nitrogens with one attached hydrogen (secondary N) is 1. The summed E-state index contributed by atoms with van der Waals surface area (Å²) in [5.41, 5.74) is 0.0743. The Hall–Kier alpha value is -0.120. The summed E-state index contributed by atoms with van der Waals surface area (Å²) in [6.07, 6.45) is 6.42. The highest BCUT2D eigenvalue weighted by Crippen LogP contribution is 2.23. The summed E-state index contributed by atoms with van der Waals surface area (Å²) in [6.45, 7) is 10.4. The smallest absolute Gasteiger partial charge is 0.0641 e. The van der Waals surface area contributed by atoms with Crippen molar-refractivity contribution in [2.75, 3.05) is 32.8 Å². The molecule has 0 spiro atoms. The predicted molar refractivity (Wildman–Crippen MR) is 71.3 cm³/mol. The maximum atomic E-state index is 5.73. The maximum absolute atomic E-state index is 5.73. The van der Waals surface area contributed by atoms with Crippen molar-refractivity contribution in [1.82, 2.24) is 10.2 Å². The Bertz CT molecular complexity index is 224. The molecule has 0 radical (unpaired) electrons. The Morgan fingerprint density at radius 2 is 2.06 bits per heavy atom. The average molecular weight is 240 g/mol. The van der Waals surface area contributed by atoms with E-state index in [0.29, 0.717) is 6.04 Å². The molecule has 1 unspecified atom stereocenters. The van der Waals surface area contributed by atoms with Crippen molar-refractivity contribution < 1.29 is 4.74 Å². The van der Waals surface area contributed by atoms with Gasteiger partial charge in [0.05, 0.1) is 5.60 Å². The van der Waals surface area contributed by atoms with Gasteiger partial charge in [0.1, 0.15) is 0 Å². The van der Waals surface area contributed by atoms with Gasteiger partial charge in [0.2, 0.25) is 0 Å². The van der Waals surface area contributed by atoms with Gasteiger partial charge in [-0.2, -0.15) is 0 Å². The van der Waals surface area contributed by atoms with Crippen LogP contribution in [-0.4, -0.2) is 49.3 Å². The quantitative estimate of drug-likeness (QED) is 0.744. The zero-order valence-corrected chi connectivity index (χ0v) is 11.5. The van der Waals surface area contributed by atoms with Crippen molar-refractivity contribution in [3.8, 4) is 0 Å². The van der Waals surface area contributed by atoms with Gasteiger partial charge in [0.15, 0.2) is 0 Å². The molecule has 2 aliphatic rings. The van der Waals surface area contributed by atoms with Crippen LogP contribution < -0.4 is 5.32 Å². The lowest BCUT2D eigenvalue weighted by Gasteiger charge is -2.36. The van der Waals surface area contributed by atoms with E-state index in [0.717, 1.165) is 19.6 Å². The second-order valence-electron chi connectivity index (χ2n) is 6.15. The van der Waals surface area contributed by atoms with E-state index in [2.05, 4.69) is 24.1 Å². The van der Waals surface area contributed by atoms with Crippen LogP contribution in [0.2, 0.25) is 0 Å². The minimum atomic E-state index is 0.0743. The van der Waals surface area contributed by atoms with Crippen LogP contribution in [-0.2, 0) is 4.74 Å². The van der Waals surface area contributed by atoms with Crippen LogP contribution in [0.15, 0.2) is 0 Å². The average Bonchev–Trinajstić information content (AvgIpc) is 2.76. The summed E-state index contributed by atoms with van der Waals surface area (Å²) in [5, 5.41) is 3.69. The lowest BCUT2D eigenvalue weighted by Crippen LogP contribution is -2.44. The maximum Gasteiger partial charge on any atom is 0.0641 e. The molecule has 0 aromatic carbocycles. The van der Waals surface area contributed by atoms with E-state index in [1.165, 1.54) is 45.3 Å². The number of rotatable bonds is 5. The summed E-state index contributed by atoms with van der Waals surface area (Å²) in [5.74, 6) is 0. The fraction of sp³-hybridized carbons (Fsp3) is 1.00. The van der Waals surface area contributed by atoms with Gasteiger partial charge >= 0.3 is 0 Å². The predicted octanol–water partition coefficient (Wildman–Crippen LogP) is 2.02. The first kappa shape index (κ1) is 13.3. The molecule has 100 valence electrons. The van der Waals surface area contributed by atoms with Crippen molar-refractivity contribution in [3.05, 3.63) is 0 Å². The minimum Gasteiger partial charge on any atom is -0.375 e. The molecule has 0 bridgehead atoms. The van der Waals surface area contributed by atoms with Gasteiger partial charge < -0.3 is 15.0 Å². The molecule has 0 saturated carbocycles. The Kier molecular flexibility index (Phi) is 4.83. The second kappa shape index (κ2) is 6.17. The number of hydrogen-bond acceptors (Lipinski definition) is 3. The molecule has 3 nitrogen and oxygen atoms in total. The highest BCUT2D eigenvalue weighted by atomic mass is 16.5. The van der Waals surface area contributed by atoms with E-state index >= 15 is 0 Å². The number of hydrogen-bond donors (Lipinski definition) is 1. The van der Waals surface area contributed by atoms with Gasteiger partial charge in [-0.05, 0) is 72.1 Å². The molecule has 0 aromatic rings. The standard InChI is InChI=1S/C14H28N2O/c1-14(2)12-13(6-11-17-14)15-7-5-10-16-8-3-4-9-16/h13,15H,3-12H2,1-2H3. The first-order valence-corrected chi connectivity index (χ1v) is 7.25. The van der Waals surface area contributed by atoms with Crippen molar-refractivity contribution in [2.24, 2.45) is 0 Å². The molecule has 0 aliphatic carbocycles. The topological polar surface area (TPSA) is 24.5 Å². The molecule has 2 saturated heterocycles. The van der Waals surface area contributed by atoms with E-state index in [4.69, 9.17) is 4.74 Å². The third kappa shape index (κ3) is 4.57. The normalized spacial score (nSPS) is 29.6. The minimum absolute atomic E-state index is 0.0743. The zero-order valence-electron chi connectivity index (χ0n) is 11.5. The molecule has 2 fully saturated rings. The molecule has 2 heterocycles. The number of likely N-dealkylation sites (tertiary alicyclic amines) is 1. The van der Waals surface area contributed by atoms with Crippen LogP contribution in [0.5, 0.6) is 0 Å². The second-order valence-corrected chi connectivity index (χ2v) is 6.15. The summed E-state index contributed by atoms with van der Waals surface area (Å²) >= 11 is 0. The summed E-state index contributed by atoms with van der Waals surface area (Å²) < 4.78 is 5.73. The van der Waals surface area contributed by atoms with Crippen LogP contribution in [0.4, 0.5) is 0 Å². The van der Waals surface area contributed by atoms with E-state index < -0.39 is 0 Å². The number of nitrogens with zero attached hydrogens (tertiary/aromatic N) is 1. The lowest BCUT2D eigenvalue weighted by molar-refractivity contribution is -0.0628. The van der Waals surface area contributed by atoms with Gasteiger partial charge in [-0.15, -0.1) is 0 Å². The van der Waals surface area contributed by atoms with Crippen LogP contribution in [0.25, 0.3) is 0 Å². The fourth-order valence-electron chi connectivity index (χ4n) is 3.02. The van der Waals surface area contributed by atoms with Crippen molar-refractivity contribution >= 4 is 0 Å². The van der Waals surface area contributed by atoms with E-state index in [9.17, 15) is 0 Å². The van der Waals surface area contributed by atoms with Crippen molar-refractivity contribution in [1.29, 1.82) is 0 Å². The van der Waals surface area contributed by atoms with E-state index in [1.807, 2.05) is 0 Å². The van der Waals surface area contributed by atoms with Gasteiger partial charge in [-0.25, -0.2) is 0 Å². The highest BCUT2D eigenvalue weighted by molar-refractivity contribution is 4.82. The highest BCUT2D eigenvalue weighted by Gasteiger charge is 2.28. The molecule has 2 rings (SSSR count). The first-order valence-electron chi connectivity index (χ1n) is 7.25. The molecule has 1 atom stereocenters. The Balaban J connectivity index is 1.55. The van der Waals surface area contributed by atoms with Crippen LogP contribution in [0.3, 0.4) is 0 Å². The molecular weight excluding hydrogens is 212 g/mol. The van der Waals surface area contributed by atoms with Crippen LogP contribution >= 0.6 is 0 Å². The van der Waals surface area contributed by atoms with E-state index in [-0.39, 0.29) is 5.60 Å². The largest absolute Gasteiger partial charge is 0.375 e. The Labute approximate surface area is 106 Å². The molecule has 2 aliphatic heterocycles. The summed E-state index contributed by atoms with van der Waals surface area (Å²) in [4.78, 5) is 2.59. The fourth-order valence-corrected chi connectivity index (χ4v) is 3.02. The first-order chi connectivity index (χ1) is 8.16. The van der Waals surface area contributed by atoms with Gasteiger partial charge in [-0.1, -0.05) is 0 Å². The summed E-state index contributed by atoms with van der Waals surface area (Å²) in [7, 11) is 0. The lowest BCUT2D eigenvalue weighted by atomic mass is 9.94. The third-order valence-corrected chi connectivity index (χ3v) is 3.98. The SMILES string of the molecule is CC1(C)CC(NCCCN2CCCC2)CCO1. The Morgan fingerprint density at radius 3 is 2.76 bits per heavy atom. The third-order valence-electron chi connectivity index (χ3n) is 3.98. The Morgan fingerprint density at radius 1 is 1.29 bits per heavy atom. The summed E-state index contributed by atoms with van der Waals surface area (Å²) in [6, 6.07) is 0.664. The molecule has 1 N–H and O–H groups in total. The molecule has 17 heavy (non-hydrogen) atoms. The van der Waals surface area contributed by atoms with Gasteiger partial charge in [-0.3, -0.25) is 0 Å². The number of ether oxygens (including phenoxy) is 1. The van der Waals surface area contributed by atoms with E-state index in [1.54, 1.807) is 0 Å². The molecule has 0 amide bonds. The van der Waals surface area contributed by atoms with Gasteiger partial charge in [0, 0.05) is 12.6 Å². The monoisotopic (exact) mass is 240 g/mol. The zero-order chi connectivity index (χ0) is 12.1.